The Hall–Kier alpha value is -6.38. The number of fused-ring (bicyclic) bond motifs is 7. The summed E-state index contributed by atoms with van der Waals surface area (Å²) in [6, 6.07) is 66.8. The van der Waals surface area contributed by atoms with Crippen molar-refractivity contribution in [3.8, 4) is 56.0 Å². The number of hydrogen-bond acceptors (Lipinski definition) is 2. The summed E-state index contributed by atoms with van der Waals surface area (Å²) in [6.07, 6.45) is 0. The molecule has 0 amide bonds. The van der Waals surface area contributed by atoms with E-state index in [1.807, 2.05) is 0 Å². The van der Waals surface area contributed by atoms with Crippen molar-refractivity contribution in [1.29, 1.82) is 0 Å². The van der Waals surface area contributed by atoms with Crippen molar-refractivity contribution in [3.05, 3.63) is 188 Å². The Morgan fingerprint density at radius 1 is 0.333 bits per heavy atom. The SMILES string of the molecule is c1ccc(-c2ccc(N(c3ccccc3)c3ccc4c(c3)-c3ccc(-c5ccccc5)cc3Oc3c-4ccc4ccccc34)cc2)cc1. The Labute approximate surface area is 280 Å². The van der Waals surface area contributed by atoms with E-state index in [1.54, 1.807) is 0 Å². The first-order valence-corrected chi connectivity index (χ1v) is 16.3. The molecule has 8 aromatic rings. The van der Waals surface area contributed by atoms with E-state index in [2.05, 4.69) is 193 Å². The van der Waals surface area contributed by atoms with Crippen LogP contribution < -0.4 is 9.64 Å². The van der Waals surface area contributed by atoms with Crippen molar-refractivity contribution >= 4 is 27.8 Å². The van der Waals surface area contributed by atoms with Crippen molar-refractivity contribution in [1.82, 2.24) is 0 Å². The van der Waals surface area contributed by atoms with Crippen LogP contribution in [0.3, 0.4) is 0 Å². The molecule has 1 heterocycles. The van der Waals surface area contributed by atoms with E-state index in [0.717, 1.165) is 72.7 Å². The second kappa shape index (κ2) is 11.8. The number of benzene rings is 8. The van der Waals surface area contributed by atoms with Gasteiger partial charge in [0.15, 0.2) is 0 Å². The van der Waals surface area contributed by atoms with E-state index < -0.39 is 0 Å². The van der Waals surface area contributed by atoms with Gasteiger partial charge in [-0.1, -0.05) is 133 Å². The van der Waals surface area contributed by atoms with Crippen molar-refractivity contribution < 1.29 is 4.74 Å². The van der Waals surface area contributed by atoms with Crippen molar-refractivity contribution in [2.24, 2.45) is 0 Å². The van der Waals surface area contributed by atoms with E-state index in [9.17, 15) is 0 Å². The summed E-state index contributed by atoms with van der Waals surface area (Å²) in [4.78, 5) is 2.33. The van der Waals surface area contributed by atoms with Crippen LogP contribution in [0.5, 0.6) is 11.5 Å². The summed E-state index contributed by atoms with van der Waals surface area (Å²) in [5.74, 6) is 1.74. The molecule has 1 aliphatic rings. The standard InChI is InChI=1S/C46H31NO/c1-4-12-32(13-5-1)34-20-24-38(25-21-34)47(37-17-8-3-9-18-37)39-26-29-41-43-28-22-35-16-10-11-19-40(35)46(43)48-45-30-36(33-14-6-2-7-15-33)23-27-42(45)44(41)31-39/h1-31H. The van der Waals surface area contributed by atoms with Crippen LogP contribution in [0, 0.1) is 0 Å². The molecule has 0 radical (unpaired) electrons. The van der Waals surface area contributed by atoms with Gasteiger partial charge in [-0.3, -0.25) is 0 Å². The molecule has 0 N–H and O–H groups in total. The first kappa shape index (κ1) is 27.9. The highest BCUT2D eigenvalue weighted by Crippen LogP contribution is 2.51. The minimum atomic E-state index is 0.850. The second-order valence-corrected chi connectivity index (χ2v) is 12.2. The number of anilines is 3. The van der Waals surface area contributed by atoms with Crippen LogP contribution in [-0.2, 0) is 0 Å². The van der Waals surface area contributed by atoms with Crippen molar-refractivity contribution in [2.75, 3.05) is 4.90 Å². The van der Waals surface area contributed by atoms with Gasteiger partial charge in [0.05, 0.1) is 0 Å². The molecule has 0 unspecified atom stereocenters. The number of hydrogen-bond donors (Lipinski definition) is 0. The molecule has 8 aromatic carbocycles. The molecule has 0 bridgehead atoms. The fraction of sp³-hybridized carbons (Fsp3) is 0. The van der Waals surface area contributed by atoms with E-state index in [-0.39, 0.29) is 0 Å². The molecule has 48 heavy (non-hydrogen) atoms. The fourth-order valence-corrected chi connectivity index (χ4v) is 6.90. The molecule has 1 aliphatic heterocycles. The molecule has 0 aromatic heterocycles. The molecule has 0 fully saturated rings. The lowest BCUT2D eigenvalue weighted by atomic mass is 9.91. The van der Waals surface area contributed by atoms with Gasteiger partial charge in [0.1, 0.15) is 11.5 Å². The van der Waals surface area contributed by atoms with E-state index >= 15 is 0 Å². The number of rotatable bonds is 5. The topological polar surface area (TPSA) is 12.5 Å². The zero-order valence-corrected chi connectivity index (χ0v) is 26.3. The van der Waals surface area contributed by atoms with Gasteiger partial charge in [0.25, 0.3) is 0 Å². The Balaban J connectivity index is 1.24. The van der Waals surface area contributed by atoms with Gasteiger partial charge in [0.2, 0.25) is 0 Å². The quantitative estimate of drug-likeness (QED) is 0.191. The van der Waals surface area contributed by atoms with E-state index in [0.29, 0.717) is 0 Å². The average molecular weight is 614 g/mol. The smallest absolute Gasteiger partial charge is 0.143 e. The highest BCUT2D eigenvalue weighted by Gasteiger charge is 2.25. The van der Waals surface area contributed by atoms with Gasteiger partial charge in [-0.05, 0) is 93.4 Å². The summed E-state index contributed by atoms with van der Waals surface area (Å²) in [6.45, 7) is 0. The first-order valence-electron chi connectivity index (χ1n) is 16.3. The molecule has 0 spiro atoms. The molecule has 0 atom stereocenters. The van der Waals surface area contributed by atoms with Crippen LogP contribution >= 0.6 is 0 Å². The molecule has 9 rings (SSSR count). The van der Waals surface area contributed by atoms with Crippen LogP contribution in [-0.4, -0.2) is 0 Å². The zero-order valence-electron chi connectivity index (χ0n) is 26.3. The first-order chi connectivity index (χ1) is 23.8. The molecule has 2 heteroatoms. The fourth-order valence-electron chi connectivity index (χ4n) is 6.90. The lowest BCUT2D eigenvalue weighted by Crippen LogP contribution is -2.10. The molecule has 0 saturated carbocycles. The maximum atomic E-state index is 6.97. The van der Waals surface area contributed by atoms with Crippen molar-refractivity contribution in [2.45, 2.75) is 0 Å². The maximum absolute atomic E-state index is 6.97. The summed E-state index contributed by atoms with van der Waals surface area (Å²) < 4.78 is 6.97. The van der Waals surface area contributed by atoms with Gasteiger partial charge in [-0.15, -0.1) is 0 Å². The molecular formula is C46H31NO. The number of nitrogens with zero attached hydrogens (tertiary/aromatic N) is 1. The third kappa shape index (κ3) is 4.92. The average Bonchev–Trinajstić information content (AvgIpc) is 3.30. The van der Waals surface area contributed by atoms with Crippen LogP contribution in [0.2, 0.25) is 0 Å². The molecule has 0 aliphatic carbocycles. The third-order valence-electron chi connectivity index (χ3n) is 9.27. The largest absolute Gasteiger partial charge is 0.455 e. The molecule has 2 nitrogen and oxygen atoms in total. The summed E-state index contributed by atoms with van der Waals surface area (Å²) in [5, 5.41) is 2.26. The predicted molar refractivity (Wildman–Crippen MR) is 200 cm³/mol. The minimum Gasteiger partial charge on any atom is -0.455 e. The lowest BCUT2D eigenvalue weighted by molar-refractivity contribution is 0.493. The monoisotopic (exact) mass is 613 g/mol. The van der Waals surface area contributed by atoms with E-state index in [1.165, 1.54) is 11.1 Å². The Bertz CT molecular complexity index is 2400. The minimum absolute atomic E-state index is 0.850. The summed E-state index contributed by atoms with van der Waals surface area (Å²) >= 11 is 0. The highest BCUT2D eigenvalue weighted by molar-refractivity contribution is 6.01. The van der Waals surface area contributed by atoms with Gasteiger partial charge >= 0.3 is 0 Å². The second-order valence-electron chi connectivity index (χ2n) is 12.2. The van der Waals surface area contributed by atoms with Crippen LogP contribution in [0.4, 0.5) is 17.1 Å². The van der Waals surface area contributed by atoms with Gasteiger partial charge < -0.3 is 9.64 Å². The predicted octanol–water partition coefficient (Wildman–Crippen LogP) is 13.1. The Kier molecular flexibility index (Phi) is 6.84. The summed E-state index contributed by atoms with van der Waals surface area (Å²) in [5.41, 5.74) is 12.4. The van der Waals surface area contributed by atoms with Crippen LogP contribution in [0.15, 0.2) is 188 Å². The summed E-state index contributed by atoms with van der Waals surface area (Å²) in [7, 11) is 0. The number of para-hydroxylation sites is 1. The maximum Gasteiger partial charge on any atom is 0.143 e. The zero-order chi connectivity index (χ0) is 31.9. The van der Waals surface area contributed by atoms with Gasteiger partial charge in [0, 0.05) is 33.6 Å². The van der Waals surface area contributed by atoms with Crippen molar-refractivity contribution in [3.63, 3.8) is 0 Å². The third-order valence-corrected chi connectivity index (χ3v) is 9.27. The highest BCUT2D eigenvalue weighted by atomic mass is 16.5. The number of ether oxygens (including phenoxy) is 1. The Morgan fingerprint density at radius 2 is 0.875 bits per heavy atom. The lowest BCUT2D eigenvalue weighted by Gasteiger charge is -2.27. The normalized spacial score (nSPS) is 11.5. The van der Waals surface area contributed by atoms with Crippen LogP contribution in [0.1, 0.15) is 0 Å². The van der Waals surface area contributed by atoms with Gasteiger partial charge in [-0.25, -0.2) is 0 Å². The van der Waals surface area contributed by atoms with E-state index in [4.69, 9.17) is 4.74 Å². The Morgan fingerprint density at radius 3 is 1.62 bits per heavy atom. The molecule has 0 saturated heterocycles. The van der Waals surface area contributed by atoms with Crippen LogP contribution in [0.25, 0.3) is 55.3 Å². The molecular weight excluding hydrogens is 583 g/mol. The molecule has 226 valence electrons. The van der Waals surface area contributed by atoms with Gasteiger partial charge in [-0.2, -0.15) is 0 Å².